The van der Waals surface area contributed by atoms with E-state index in [2.05, 4.69) is 5.32 Å². The number of aliphatic hydroxyl groups excluding tert-OH is 1. The molecule has 2 aromatic carbocycles. The summed E-state index contributed by atoms with van der Waals surface area (Å²) < 4.78 is 15.2. The molecule has 28 heavy (non-hydrogen) atoms. The molecule has 6 nitrogen and oxygen atoms in total. The number of aromatic nitrogens is 1. The smallest absolute Gasteiger partial charge is 0.262 e. The average Bonchev–Trinajstić information content (AvgIpc) is 2.94. The Kier molecular flexibility index (Phi) is 5.40. The Balaban J connectivity index is 2.23. The normalized spacial score (nSPS) is 12.2. The van der Waals surface area contributed by atoms with Crippen LogP contribution < -0.4 is 5.32 Å². The molecule has 0 unspecified atom stereocenters. The van der Waals surface area contributed by atoms with Crippen molar-refractivity contribution >= 4 is 34.3 Å². The molecule has 0 aliphatic rings. The van der Waals surface area contributed by atoms with Crippen molar-refractivity contribution in [1.82, 2.24) is 9.88 Å². The number of benzene rings is 2. The minimum absolute atomic E-state index is 0.0225. The molecular weight excluding hydrogens is 387 g/mol. The van der Waals surface area contributed by atoms with Crippen molar-refractivity contribution in [2.45, 2.75) is 19.8 Å². The number of phenolic OH excluding ortho intramolecular Hbond substituents is 1. The van der Waals surface area contributed by atoms with E-state index in [9.17, 15) is 19.1 Å². The monoisotopic (exact) mass is 404 g/mol. The van der Waals surface area contributed by atoms with Crippen LogP contribution in [0.3, 0.4) is 0 Å². The fraction of sp³-hybridized carbons (Fsp3) is 0.200. The Morgan fingerprint density at radius 1 is 1.25 bits per heavy atom. The van der Waals surface area contributed by atoms with Gasteiger partial charge in [0.2, 0.25) is 5.91 Å². The van der Waals surface area contributed by atoms with Gasteiger partial charge in [-0.3, -0.25) is 14.2 Å². The predicted octanol–water partition coefficient (Wildman–Crippen LogP) is 3.31. The molecule has 0 saturated carbocycles. The van der Waals surface area contributed by atoms with Gasteiger partial charge >= 0.3 is 0 Å². The first-order valence-electron chi connectivity index (χ1n) is 8.48. The molecule has 0 saturated heterocycles. The van der Waals surface area contributed by atoms with Crippen LogP contribution in [0.1, 0.15) is 34.5 Å². The second-order valence-corrected chi connectivity index (χ2v) is 6.80. The molecule has 0 aliphatic carbocycles. The summed E-state index contributed by atoms with van der Waals surface area (Å²) in [5, 5.41) is 21.6. The summed E-state index contributed by atoms with van der Waals surface area (Å²) in [6, 6.07) is 8.22. The zero-order valence-corrected chi connectivity index (χ0v) is 15.9. The van der Waals surface area contributed by atoms with Crippen LogP contribution in [0.15, 0.2) is 36.4 Å². The quantitative estimate of drug-likeness (QED) is 0.582. The van der Waals surface area contributed by atoms with Gasteiger partial charge in [0.15, 0.2) is 0 Å². The van der Waals surface area contributed by atoms with Crippen LogP contribution in [0.25, 0.3) is 10.9 Å². The topological polar surface area (TPSA) is 91.6 Å². The summed E-state index contributed by atoms with van der Waals surface area (Å²) in [7, 11) is 0. The summed E-state index contributed by atoms with van der Waals surface area (Å²) in [4.78, 5) is 25.4. The highest BCUT2D eigenvalue weighted by atomic mass is 35.5. The zero-order chi connectivity index (χ0) is 20.6. The van der Waals surface area contributed by atoms with E-state index in [-0.39, 0.29) is 16.3 Å². The number of amides is 1. The maximum atomic E-state index is 13.8. The minimum Gasteiger partial charge on any atom is -0.508 e. The number of halogens is 2. The summed E-state index contributed by atoms with van der Waals surface area (Å²) in [6.07, 6.45) is 0. The Labute approximate surface area is 165 Å². The average molecular weight is 405 g/mol. The van der Waals surface area contributed by atoms with Gasteiger partial charge in [-0.05, 0) is 55.8 Å². The second-order valence-electron chi connectivity index (χ2n) is 6.39. The van der Waals surface area contributed by atoms with Crippen LogP contribution >= 0.6 is 11.6 Å². The van der Waals surface area contributed by atoms with Crippen LogP contribution in [-0.2, 0) is 4.79 Å². The predicted molar refractivity (Wildman–Crippen MR) is 103 cm³/mol. The largest absolute Gasteiger partial charge is 0.508 e. The molecule has 0 bridgehead atoms. The van der Waals surface area contributed by atoms with E-state index in [1.807, 2.05) is 0 Å². The van der Waals surface area contributed by atoms with E-state index in [0.29, 0.717) is 22.2 Å². The van der Waals surface area contributed by atoms with Gasteiger partial charge in [0.05, 0.1) is 16.5 Å². The summed E-state index contributed by atoms with van der Waals surface area (Å²) in [6.45, 7) is 2.78. The van der Waals surface area contributed by atoms with Gasteiger partial charge in [-0.1, -0.05) is 11.6 Å². The third-order valence-electron chi connectivity index (χ3n) is 4.69. The van der Waals surface area contributed by atoms with Crippen molar-refractivity contribution in [2.24, 2.45) is 0 Å². The molecule has 1 atom stereocenters. The first kappa shape index (κ1) is 19.9. The molecule has 3 N–H and O–H groups in total. The van der Waals surface area contributed by atoms with Crippen LogP contribution in [0.2, 0.25) is 5.02 Å². The maximum absolute atomic E-state index is 13.8. The SMILES string of the molecule is Cc1c([C@H](C)C(=O)NCO)c2cc(O)ccc2n1C(=O)c1ccc(Cl)c(F)c1. The highest BCUT2D eigenvalue weighted by Crippen LogP contribution is 2.34. The van der Waals surface area contributed by atoms with Crippen LogP contribution in [0.5, 0.6) is 5.75 Å². The van der Waals surface area contributed by atoms with Crippen molar-refractivity contribution in [3.8, 4) is 5.75 Å². The van der Waals surface area contributed by atoms with Gasteiger partial charge in [0, 0.05) is 16.6 Å². The number of hydrogen-bond acceptors (Lipinski definition) is 4. The van der Waals surface area contributed by atoms with Gasteiger partial charge < -0.3 is 15.5 Å². The number of hydrogen-bond donors (Lipinski definition) is 3. The molecule has 1 heterocycles. The third kappa shape index (κ3) is 3.34. The van der Waals surface area contributed by atoms with Gasteiger partial charge in [-0.2, -0.15) is 0 Å². The molecule has 3 rings (SSSR count). The van der Waals surface area contributed by atoms with Crippen LogP contribution in [0.4, 0.5) is 4.39 Å². The van der Waals surface area contributed by atoms with Crippen molar-refractivity contribution in [2.75, 3.05) is 6.73 Å². The lowest BCUT2D eigenvalue weighted by Gasteiger charge is -2.13. The van der Waals surface area contributed by atoms with Crippen LogP contribution in [-0.4, -0.2) is 33.3 Å². The fourth-order valence-corrected chi connectivity index (χ4v) is 3.48. The number of nitrogens with zero attached hydrogens (tertiary/aromatic N) is 1. The first-order chi connectivity index (χ1) is 13.3. The molecule has 1 amide bonds. The Morgan fingerprint density at radius 2 is 1.96 bits per heavy atom. The molecule has 146 valence electrons. The minimum atomic E-state index is -0.713. The van der Waals surface area contributed by atoms with E-state index in [1.165, 1.54) is 28.8 Å². The Morgan fingerprint density at radius 3 is 2.61 bits per heavy atom. The van der Waals surface area contributed by atoms with Gasteiger partial charge in [0.25, 0.3) is 5.91 Å². The van der Waals surface area contributed by atoms with Gasteiger partial charge in [-0.25, -0.2) is 4.39 Å². The van der Waals surface area contributed by atoms with Gasteiger partial charge in [0.1, 0.15) is 18.3 Å². The molecule has 0 spiro atoms. The Hall–Kier alpha value is -2.90. The zero-order valence-electron chi connectivity index (χ0n) is 15.2. The highest BCUT2D eigenvalue weighted by molar-refractivity contribution is 6.30. The number of carbonyl (C=O) groups is 2. The van der Waals surface area contributed by atoms with E-state index >= 15 is 0 Å². The molecular formula is C20H18ClFN2O4. The number of phenols is 1. The van der Waals surface area contributed by atoms with Crippen molar-refractivity contribution in [3.05, 3.63) is 64.1 Å². The Bertz CT molecular complexity index is 1090. The standard InChI is InChI=1S/C20H18ClFN2O4/c1-10(19(27)23-9-25)18-11(2)24(17-6-4-13(26)8-14(17)18)20(28)12-3-5-15(21)16(22)7-12/h3-8,10,25-26H,9H2,1-2H3,(H,23,27)/t10-/m0/s1. The maximum Gasteiger partial charge on any atom is 0.262 e. The van der Waals surface area contributed by atoms with E-state index in [0.717, 1.165) is 6.07 Å². The van der Waals surface area contributed by atoms with E-state index in [1.54, 1.807) is 19.9 Å². The summed E-state index contributed by atoms with van der Waals surface area (Å²) in [5.41, 5.74) is 1.56. The first-order valence-corrected chi connectivity index (χ1v) is 8.86. The number of fused-ring (bicyclic) bond motifs is 1. The van der Waals surface area contributed by atoms with Crippen molar-refractivity contribution < 1.29 is 24.2 Å². The van der Waals surface area contributed by atoms with E-state index in [4.69, 9.17) is 16.7 Å². The van der Waals surface area contributed by atoms with Gasteiger partial charge in [-0.15, -0.1) is 0 Å². The molecule has 0 aliphatic heterocycles. The summed E-state index contributed by atoms with van der Waals surface area (Å²) >= 11 is 5.70. The number of aliphatic hydroxyl groups is 1. The number of aromatic hydroxyl groups is 1. The second kappa shape index (κ2) is 7.61. The number of rotatable bonds is 4. The lowest BCUT2D eigenvalue weighted by atomic mass is 9.97. The highest BCUT2D eigenvalue weighted by Gasteiger charge is 2.27. The summed E-state index contributed by atoms with van der Waals surface area (Å²) in [5.74, 6) is -2.36. The number of nitrogens with one attached hydrogen (secondary N) is 1. The van der Waals surface area contributed by atoms with Crippen molar-refractivity contribution in [3.63, 3.8) is 0 Å². The van der Waals surface area contributed by atoms with Crippen molar-refractivity contribution in [1.29, 1.82) is 0 Å². The molecule has 8 heteroatoms. The van der Waals surface area contributed by atoms with E-state index < -0.39 is 30.3 Å². The molecule has 1 aromatic heterocycles. The lowest BCUT2D eigenvalue weighted by molar-refractivity contribution is -0.123. The molecule has 0 fully saturated rings. The number of carbonyl (C=O) groups excluding carboxylic acids is 2. The fourth-order valence-electron chi connectivity index (χ4n) is 3.36. The molecule has 3 aromatic rings. The third-order valence-corrected chi connectivity index (χ3v) is 4.99. The lowest BCUT2D eigenvalue weighted by Crippen LogP contribution is -2.29. The van der Waals surface area contributed by atoms with Crippen LogP contribution in [0, 0.1) is 12.7 Å². The molecule has 0 radical (unpaired) electrons.